The Morgan fingerprint density at radius 3 is 1.96 bits per heavy atom. The molecule has 1 aliphatic carbocycles. The van der Waals surface area contributed by atoms with Crippen LogP contribution in [0.25, 0.3) is 75.1 Å². The molecule has 2 heteroatoms. The van der Waals surface area contributed by atoms with E-state index in [-0.39, 0.29) is 5.41 Å². The summed E-state index contributed by atoms with van der Waals surface area (Å²) in [7, 11) is 0. The lowest BCUT2D eigenvalue weighted by molar-refractivity contribution is 0.666. The molecule has 0 amide bonds. The second-order valence-corrected chi connectivity index (χ2v) is 16.4. The maximum Gasteiger partial charge on any atom is 0.0540 e. The predicted molar refractivity (Wildman–Crippen MR) is 237 cm³/mol. The molecule has 10 aromatic rings. The SMILES string of the molecule is CC1(C)c2ccccc2-c2c(-c3ccc4cc(N(c5ccc6sc7ccccc7c6c5)c5ccccc5-c5ccccc5)ccc4c3)cc3ccccc3c21. The molecule has 0 fully saturated rings. The van der Waals surface area contributed by atoms with Gasteiger partial charge < -0.3 is 4.90 Å². The monoisotopic (exact) mass is 719 g/mol. The maximum absolute atomic E-state index is 2.44. The van der Waals surface area contributed by atoms with Gasteiger partial charge in [0.05, 0.1) is 5.69 Å². The van der Waals surface area contributed by atoms with Gasteiger partial charge in [-0.05, 0) is 115 Å². The van der Waals surface area contributed by atoms with E-state index < -0.39 is 0 Å². The van der Waals surface area contributed by atoms with Crippen molar-refractivity contribution in [2.75, 3.05) is 4.90 Å². The van der Waals surface area contributed by atoms with Crippen LogP contribution in [-0.4, -0.2) is 0 Å². The number of benzene rings is 9. The Balaban J connectivity index is 1.10. The number of hydrogen-bond donors (Lipinski definition) is 0. The highest BCUT2D eigenvalue weighted by Gasteiger charge is 2.38. The smallest absolute Gasteiger partial charge is 0.0540 e. The van der Waals surface area contributed by atoms with Gasteiger partial charge in [-0.25, -0.2) is 0 Å². The minimum atomic E-state index is -0.0921. The third-order valence-corrected chi connectivity index (χ3v) is 12.9. The standard InChI is InChI=1S/C53H37NS/c1-53(2)47-21-11-8-20-44(47)51-45(32-37-16-6-7-18-42(37)52(51)53)38-25-24-36-31-39(27-26-35(36)30-38)54(48-22-12-9-17-41(48)34-14-4-3-5-15-34)40-28-29-50-46(33-40)43-19-10-13-23-49(43)55-50/h3-33H,1-2H3. The highest BCUT2D eigenvalue weighted by Crippen LogP contribution is 2.55. The van der Waals surface area contributed by atoms with Crippen LogP contribution >= 0.6 is 11.3 Å². The molecule has 1 nitrogen and oxygen atoms in total. The zero-order chi connectivity index (χ0) is 36.7. The van der Waals surface area contributed by atoms with Crippen LogP contribution in [0, 0.1) is 0 Å². The molecule has 9 aromatic carbocycles. The summed E-state index contributed by atoms with van der Waals surface area (Å²) in [5.74, 6) is 0. The summed E-state index contributed by atoms with van der Waals surface area (Å²) in [6, 6.07) is 69.6. The predicted octanol–water partition coefficient (Wildman–Crippen LogP) is 15.5. The molecule has 260 valence electrons. The Bertz CT molecular complexity index is 3130. The fourth-order valence-electron chi connectivity index (χ4n) is 9.24. The Morgan fingerprint density at radius 2 is 1.07 bits per heavy atom. The molecule has 11 rings (SSSR count). The summed E-state index contributed by atoms with van der Waals surface area (Å²) >= 11 is 1.86. The van der Waals surface area contributed by atoms with E-state index in [9.17, 15) is 0 Å². The van der Waals surface area contributed by atoms with E-state index in [1.54, 1.807) is 0 Å². The van der Waals surface area contributed by atoms with Crippen molar-refractivity contribution in [1.29, 1.82) is 0 Å². The van der Waals surface area contributed by atoms with E-state index in [0.717, 1.165) is 17.1 Å². The van der Waals surface area contributed by atoms with Gasteiger partial charge in [-0.3, -0.25) is 0 Å². The highest BCUT2D eigenvalue weighted by atomic mass is 32.1. The topological polar surface area (TPSA) is 3.24 Å². The maximum atomic E-state index is 2.44. The Kier molecular flexibility index (Phi) is 7.14. The molecule has 1 aliphatic rings. The summed E-state index contributed by atoms with van der Waals surface area (Å²) in [4.78, 5) is 2.44. The largest absolute Gasteiger partial charge is 0.310 e. The van der Waals surface area contributed by atoms with Crippen molar-refractivity contribution < 1.29 is 0 Å². The van der Waals surface area contributed by atoms with Gasteiger partial charge in [-0.15, -0.1) is 11.3 Å². The van der Waals surface area contributed by atoms with Gasteiger partial charge in [0, 0.05) is 42.5 Å². The van der Waals surface area contributed by atoms with Crippen LogP contribution in [0.3, 0.4) is 0 Å². The molecule has 0 radical (unpaired) electrons. The Labute approximate surface area is 325 Å². The molecular formula is C53H37NS. The normalized spacial score (nSPS) is 13.1. The minimum absolute atomic E-state index is 0.0921. The van der Waals surface area contributed by atoms with Gasteiger partial charge in [0.1, 0.15) is 0 Å². The van der Waals surface area contributed by atoms with Crippen molar-refractivity contribution in [2.45, 2.75) is 19.3 Å². The average molecular weight is 720 g/mol. The number of hydrogen-bond acceptors (Lipinski definition) is 2. The second kappa shape index (κ2) is 12.3. The summed E-state index contributed by atoms with van der Waals surface area (Å²) in [5, 5.41) is 7.66. The molecule has 0 unspecified atom stereocenters. The number of thiophene rings is 1. The fourth-order valence-corrected chi connectivity index (χ4v) is 10.3. The Hall–Kier alpha value is -6.48. The summed E-state index contributed by atoms with van der Waals surface area (Å²) < 4.78 is 2.62. The molecule has 0 saturated carbocycles. The number of nitrogens with zero attached hydrogens (tertiary/aromatic N) is 1. The number of para-hydroxylation sites is 1. The first-order valence-corrected chi connectivity index (χ1v) is 19.9. The zero-order valence-electron chi connectivity index (χ0n) is 30.8. The van der Waals surface area contributed by atoms with Crippen molar-refractivity contribution in [3.63, 3.8) is 0 Å². The molecule has 0 atom stereocenters. The van der Waals surface area contributed by atoms with E-state index >= 15 is 0 Å². The summed E-state index contributed by atoms with van der Waals surface area (Å²) in [5.41, 5.74) is 13.8. The summed E-state index contributed by atoms with van der Waals surface area (Å²) in [6.07, 6.45) is 0. The molecular weight excluding hydrogens is 683 g/mol. The van der Waals surface area contributed by atoms with Crippen LogP contribution in [0.2, 0.25) is 0 Å². The van der Waals surface area contributed by atoms with Crippen LogP contribution in [-0.2, 0) is 5.41 Å². The number of fused-ring (bicyclic) bond motifs is 9. The van der Waals surface area contributed by atoms with Crippen molar-refractivity contribution in [1.82, 2.24) is 0 Å². The molecule has 1 aromatic heterocycles. The summed E-state index contributed by atoms with van der Waals surface area (Å²) in [6.45, 7) is 4.77. The molecule has 0 spiro atoms. The van der Waals surface area contributed by atoms with Crippen LogP contribution in [0.15, 0.2) is 188 Å². The van der Waals surface area contributed by atoms with Gasteiger partial charge in [-0.1, -0.05) is 147 Å². The molecule has 0 bridgehead atoms. The van der Waals surface area contributed by atoms with Crippen LogP contribution in [0.5, 0.6) is 0 Å². The average Bonchev–Trinajstić information content (AvgIpc) is 3.73. The van der Waals surface area contributed by atoms with Crippen LogP contribution < -0.4 is 4.90 Å². The molecule has 0 N–H and O–H groups in total. The van der Waals surface area contributed by atoms with Crippen LogP contribution in [0.4, 0.5) is 17.1 Å². The Morgan fingerprint density at radius 1 is 0.418 bits per heavy atom. The lowest BCUT2D eigenvalue weighted by Gasteiger charge is -2.28. The third-order valence-electron chi connectivity index (χ3n) is 11.8. The zero-order valence-corrected chi connectivity index (χ0v) is 31.6. The van der Waals surface area contributed by atoms with Crippen LogP contribution in [0.1, 0.15) is 25.0 Å². The third kappa shape index (κ3) is 4.99. The number of rotatable bonds is 5. The number of anilines is 3. The van der Waals surface area contributed by atoms with E-state index in [0.29, 0.717) is 0 Å². The molecule has 55 heavy (non-hydrogen) atoms. The minimum Gasteiger partial charge on any atom is -0.310 e. The lowest BCUT2D eigenvalue weighted by atomic mass is 9.79. The quantitative estimate of drug-likeness (QED) is 0.171. The van der Waals surface area contributed by atoms with E-state index in [1.807, 2.05) is 11.3 Å². The highest BCUT2D eigenvalue weighted by molar-refractivity contribution is 7.25. The van der Waals surface area contributed by atoms with E-state index in [2.05, 4.69) is 207 Å². The molecule has 0 aliphatic heterocycles. The van der Waals surface area contributed by atoms with Crippen molar-refractivity contribution >= 4 is 70.1 Å². The second-order valence-electron chi connectivity index (χ2n) is 15.3. The fraction of sp³-hybridized carbons (Fsp3) is 0.0566. The first-order valence-electron chi connectivity index (χ1n) is 19.1. The van der Waals surface area contributed by atoms with Gasteiger partial charge in [0.2, 0.25) is 0 Å². The first-order chi connectivity index (χ1) is 27.0. The van der Waals surface area contributed by atoms with Crippen molar-refractivity contribution in [3.8, 4) is 33.4 Å². The van der Waals surface area contributed by atoms with Crippen molar-refractivity contribution in [3.05, 3.63) is 199 Å². The van der Waals surface area contributed by atoms with E-state index in [1.165, 1.54) is 86.2 Å². The van der Waals surface area contributed by atoms with Crippen molar-refractivity contribution in [2.24, 2.45) is 0 Å². The molecule has 0 saturated heterocycles. The van der Waals surface area contributed by atoms with Gasteiger partial charge >= 0.3 is 0 Å². The van der Waals surface area contributed by atoms with E-state index in [4.69, 9.17) is 0 Å². The molecule has 1 heterocycles. The van der Waals surface area contributed by atoms with Gasteiger partial charge in [0.25, 0.3) is 0 Å². The lowest BCUT2D eigenvalue weighted by Crippen LogP contribution is -2.15. The first kappa shape index (κ1) is 32.0. The van der Waals surface area contributed by atoms with Gasteiger partial charge in [-0.2, -0.15) is 0 Å². The van der Waals surface area contributed by atoms with Gasteiger partial charge in [0.15, 0.2) is 0 Å².